The minimum Gasteiger partial charge on any atom is -0.461 e. The van der Waals surface area contributed by atoms with Crippen LogP contribution in [0.5, 0.6) is 11.5 Å². The molecule has 0 aliphatic heterocycles. The van der Waals surface area contributed by atoms with Crippen LogP contribution in [0.4, 0.5) is 0 Å². The molecule has 1 aliphatic rings. The fourth-order valence-electron chi connectivity index (χ4n) is 2.93. The molecule has 0 atom stereocenters. The van der Waals surface area contributed by atoms with Gasteiger partial charge in [-0.25, -0.2) is 0 Å². The van der Waals surface area contributed by atoms with E-state index >= 15 is 0 Å². The van der Waals surface area contributed by atoms with Crippen molar-refractivity contribution in [3.05, 3.63) is 60.2 Å². The average molecular weight is 310 g/mol. The van der Waals surface area contributed by atoms with Crippen LogP contribution in [0.15, 0.2) is 54.6 Å². The van der Waals surface area contributed by atoms with Crippen LogP contribution in [0.2, 0.25) is 0 Å². The summed E-state index contributed by atoms with van der Waals surface area (Å²) in [6.45, 7) is 0.307. The first-order valence-corrected chi connectivity index (χ1v) is 8.30. The molecule has 3 heteroatoms. The van der Waals surface area contributed by atoms with E-state index in [2.05, 4.69) is 0 Å². The van der Waals surface area contributed by atoms with Crippen LogP contribution in [0, 0.1) is 5.92 Å². The molecule has 0 unspecified atom stereocenters. The van der Waals surface area contributed by atoms with Crippen molar-refractivity contribution in [3.8, 4) is 11.5 Å². The molecular formula is C20H22O3. The summed E-state index contributed by atoms with van der Waals surface area (Å²) in [4.78, 5) is 12.1. The highest BCUT2D eigenvalue weighted by molar-refractivity contribution is 5.72. The zero-order valence-electron chi connectivity index (χ0n) is 13.2. The van der Waals surface area contributed by atoms with Gasteiger partial charge in [0.1, 0.15) is 18.1 Å². The van der Waals surface area contributed by atoms with Crippen LogP contribution in [-0.2, 0) is 16.1 Å². The van der Waals surface area contributed by atoms with Crippen molar-refractivity contribution in [2.45, 2.75) is 38.7 Å². The van der Waals surface area contributed by atoms with Gasteiger partial charge < -0.3 is 9.47 Å². The Hall–Kier alpha value is -2.29. The number of carbonyl (C=O) groups is 1. The fourth-order valence-corrected chi connectivity index (χ4v) is 2.93. The number of rotatable bonds is 5. The first-order chi connectivity index (χ1) is 11.3. The lowest BCUT2D eigenvalue weighted by molar-refractivity contribution is -0.151. The molecule has 2 aromatic rings. The van der Waals surface area contributed by atoms with Gasteiger partial charge in [-0.05, 0) is 42.7 Å². The lowest BCUT2D eigenvalue weighted by atomic mass is 9.89. The van der Waals surface area contributed by atoms with Crippen LogP contribution in [0.25, 0.3) is 0 Å². The molecule has 0 saturated heterocycles. The first-order valence-electron chi connectivity index (χ1n) is 8.30. The summed E-state index contributed by atoms with van der Waals surface area (Å²) in [6, 6.07) is 17.3. The zero-order chi connectivity index (χ0) is 15.9. The van der Waals surface area contributed by atoms with Crippen LogP contribution in [0.3, 0.4) is 0 Å². The Bertz CT molecular complexity index is 630. The number of para-hydroxylation sites is 1. The number of carbonyl (C=O) groups excluding carboxylic acids is 1. The molecule has 23 heavy (non-hydrogen) atoms. The monoisotopic (exact) mass is 310 g/mol. The molecule has 0 bridgehead atoms. The van der Waals surface area contributed by atoms with Gasteiger partial charge >= 0.3 is 5.97 Å². The Morgan fingerprint density at radius 3 is 2.43 bits per heavy atom. The van der Waals surface area contributed by atoms with E-state index in [0.29, 0.717) is 6.61 Å². The normalized spacial score (nSPS) is 15.1. The predicted octanol–water partition coefficient (Wildman–Crippen LogP) is 5.10. The van der Waals surface area contributed by atoms with Crippen LogP contribution in [0.1, 0.15) is 37.7 Å². The highest BCUT2D eigenvalue weighted by atomic mass is 16.5. The maximum Gasteiger partial charge on any atom is 0.309 e. The molecular weight excluding hydrogens is 288 g/mol. The summed E-state index contributed by atoms with van der Waals surface area (Å²) in [5, 5.41) is 0. The Morgan fingerprint density at radius 2 is 1.65 bits per heavy atom. The fraction of sp³-hybridized carbons (Fsp3) is 0.350. The van der Waals surface area contributed by atoms with E-state index in [1.165, 1.54) is 6.42 Å². The second-order valence-electron chi connectivity index (χ2n) is 6.01. The minimum atomic E-state index is -0.0564. The molecule has 0 spiro atoms. The molecule has 0 heterocycles. The van der Waals surface area contributed by atoms with E-state index in [9.17, 15) is 4.79 Å². The molecule has 2 aromatic carbocycles. The number of esters is 1. The van der Waals surface area contributed by atoms with Crippen molar-refractivity contribution >= 4 is 5.97 Å². The predicted molar refractivity (Wildman–Crippen MR) is 89.3 cm³/mol. The second kappa shape index (κ2) is 7.82. The molecule has 3 nitrogen and oxygen atoms in total. The molecule has 0 N–H and O–H groups in total. The molecule has 1 fully saturated rings. The van der Waals surface area contributed by atoms with Gasteiger partial charge in [-0.1, -0.05) is 49.6 Å². The number of benzene rings is 2. The maximum absolute atomic E-state index is 12.1. The van der Waals surface area contributed by atoms with Crippen LogP contribution < -0.4 is 4.74 Å². The molecule has 3 rings (SSSR count). The zero-order valence-corrected chi connectivity index (χ0v) is 13.2. The molecule has 1 aliphatic carbocycles. The molecule has 0 amide bonds. The van der Waals surface area contributed by atoms with Crippen molar-refractivity contribution in [1.29, 1.82) is 0 Å². The maximum atomic E-state index is 12.1. The largest absolute Gasteiger partial charge is 0.461 e. The van der Waals surface area contributed by atoms with Crippen molar-refractivity contribution in [3.63, 3.8) is 0 Å². The van der Waals surface area contributed by atoms with E-state index < -0.39 is 0 Å². The van der Waals surface area contributed by atoms with Gasteiger partial charge in [0.05, 0.1) is 5.92 Å². The first kappa shape index (κ1) is 15.6. The summed E-state index contributed by atoms with van der Waals surface area (Å²) in [6.07, 6.45) is 5.45. The van der Waals surface area contributed by atoms with E-state index in [-0.39, 0.29) is 11.9 Å². The SMILES string of the molecule is O=C(OCc1cccc(Oc2ccccc2)c1)C1CCCCC1. The van der Waals surface area contributed by atoms with Crippen molar-refractivity contribution in [2.75, 3.05) is 0 Å². The molecule has 1 saturated carbocycles. The van der Waals surface area contributed by atoms with Gasteiger partial charge in [0, 0.05) is 0 Å². The molecule has 0 radical (unpaired) electrons. The Balaban J connectivity index is 1.56. The summed E-state index contributed by atoms with van der Waals surface area (Å²) >= 11 is 0. The van der Waals surface area contributed by atoms with E-state index in [1.54, 1.807) is 0 Å². The quantitative estimate of drug-likeness (QED) is 0.720. The van der Waals surface area contributed by atoms with Gasteiger partial charge in [0.2, 0.25) is 0 Å². The van der Waals surface area contributed by atoms with Crippen molar-refractivity contribution in [2.24, 2.45) is 5.92 Å². The average Bonchev–Trinajstić information content (AvgIpc) is 2.62. The van der Waals surface area contributed by atoms with E-state index in [0.717, 1.165) is 42.7 Å². The van der Waals surface area contributed by atoms with Gasteiger partial charge in [-0.3, -0.25) is 4.79 Å². The van der Waals surface area contributed by atoms with E-state index in [4.69, 9.17) is 9.47 Å². The number of ether oxygens (including phenoxy) is 2. The Kier molecular flexibility index (Phi) is 5.30. The summed E-state index contributed by atoms with van der Waals surface area (Å²) in [7, 11) is 0. The number of hydrogen-bond acceptors (Lipinski definition) is 3. The third-order valence-electron chi connectivity index (χ3n) is 4.20. The summed E-state index contributed by atoms with van der Waals surface area (Å²) in [5.74, 6) is 1.58. The topological polar surface area (TPSA) is 35.5 Å². The van der Waals surface area contributed by atoms with Crippen molar-refractivity contribution < 1.29 is 14.3 Å². The van der Waals surface area contributed by atoms with Gasteiger partial charge in [0.25, 0.3) is 0 Å². The molecule has 0 aromatic heterocycles. The number of hydrogen-bond donors (Lipinski definition) is 0. The third kappa shape index (κ3) is 4.59. The Labute approximate surface area is 137 Å². The van der Waals surface area contributed by atoms with Crippen molar-refractivity contribution in [1.82, 2.24) is 0 Å². The second-order valence-corrected chi connectivity index (χ2v) is 6.01. The van der Waals surface area contributed by atoms with Crippen LogP contribution in [-0.4, -0.2) is 5.97 Å². The van der Waals surface area contributed by atoms with Gasteiger partial charge in [-0.2, -0.15) is 0 Å². The van der Waals surface area contributed by atoms with Gasteiger partial charge in [0.15, 0.2) is 0 Å². The minimum absolute atomic E-state index is 0.0564. The lowest BCUT2D eigenvalue weighted by Gasteiger charge is -2.20. The third-order valence-corrected chi connectivity index (χ3v) is 4.20. The standard InChI is InChI=1S/C20H22O3/c21-20(17-9-3-1-4-10-17)22-15-16-8-7-13-19(14-16)23-18-11-5-2-6-12-18/h2,5-8,11-14,17H,1,3-4,9-10,15H2. The van der Waals surface area contributed by atoms with Gasteiger partial charge in [-0.15, -0.1) is 0 Å². The van der Waals surface area contributed by atoms with E-state index in [1.807, 2.05) is 54.6 Å². The Morgan fingerprint density at radius 1 is 0.913 bits per heavy atom. The highest BCUT2D eigenvalue weighted by Crippen LogP contribution is 2.26. The lowest BCUT2D eigenvalue weighted by Crippen LogP contribution is -2.20. The smallest absolute Gasteiger partial charge is 0.309 e. The highest BCUT2D eigenvalue weighted by Gasteiger charge is 2.22. The summed E-state index contributed by atoms with van der Waals surface area (Å²) in [5.41, 5.74) is 0.947. The summed E-state index contributed by atoms with van der Waals surface area (Å²) < 4.78 is 11.3. The van der Waals surface area contributed by atoms with Crippen LogP contribution >= 0.6 is 0 Å². The molecule has 120 valence electrons.